The SMILES string of the molecule is O=C(Nc1ccc(F)c(Cl)c1)[C@H]1CCCN1S(=O)(=O)c1ccc(F)cc1. The molecule has 26 heavy (non-hydrogen) atoms. The number of halogens is 3. The summed E-state index contributed by atoms with van der Waals surface area (Å²) >= 11 is 5.69. The van der Waals surface area contributed by atoms with Crippen LogP contribution in [-0.4, -0.2) is 31.2 Å². The Kier molecular flexibility index (Phi) is 5.27. The summed E-state index contributed by atoms with van der Waals surface area (Å²) in [5, 5.41) is 2.41. The molecule has 0 aromatic heterocycles. The molecule has 1 atom stereocenters. The zero-order chi connectivity index (χ0) is 18.9. The highest BCUT2D eigenvalue weighted by atomic mass is 35.5. The Morgan fingerprint density at radius 2 is 1.85 bits per heavy atom. The van der Waals surface area contributed by atoms with Crippen LogP contribution >= 0.6 is 11.6 Å². The van der Waals surface area contributed by atoms with E-state index in [1.165, 1.54) is 12.1 Å². The minimum Gasteiger partial charge on any atom is -0.325 e. The van der Waals surface area contributed by atoms with E-state index in [1.807, 2.05) is 0 Å². The number of carbonyl (C=O) groups excluding carboxylic acids is 1. The number of hydrogen-bond acceptors (Lipinski definition) is 3. The quantitative estimate of drug-likeness (QED) is 0.855. The topological polar surface area (TPSA) is 66.5 Å². The molecule has 9 heteroatoms. The molecule has 0 aliphatic carbocycles. The van der Waals surface area contributed by atoms with Gasteiger partial charge in [0.2, 0.25) is 15.9 Å². The van der Waals surface area contributed by atoms with E-state index in [0.29, 0.717) is 12.8 Å². The van der Waals surface area contributed by atoms with Crippen molar-refractivity contribution in [1.29, 1.82) is 0 Å². The summed E-state index contributed by atoms with van der Waals surface area (Å²) in [5.41, 5.74) is 0.271. The molecular formula is C17H15ClF2N2O3S. The molecule has 1 aliphatic rings. The van der Waals surface area contributed by atoms with Crippen molar-refractivity contribution in [1.82, 2.24) is 4.31 Å². The van der Waals surface area contributed by atoms with Crippen LogP contribution in [-0.2, 0) is 14.8 Å². The molecule has 5 nitrogen and oxygen atoms in total. The van der Waals surface area contributed by atoms with Crippen molar-refractivity contribution in [3.63, 3.8) is 0 Å². The maximum absolute atomic E-state index is 13.2. The van der Waals surface area contributed by atoms with Gasteiger partial charge in [0.25, 0.3) is 0 Å². The van der Waals surface area contributed by atoms with Gasteiger partial charge in [-0.3, -0.25) is 4.79 Å². The van der Waals surface area contributed by atoms with Crippen LogP contribution in [0.4, 0.5) is 14.5 Å². The molecule has 138 valence electrons. The number of benzene rings is 2. The molecule has 2 aromatic carbocycles. The van der Waals surface area contributed by atoms with Gasteiger partial charge in [0, 0.05) is 12.2 Å². The lowest BCUT2D eigenvalue weighted by Crippen LogP contribution is -2.43. The molecule has 2 aromatic rings. The monoisotopic (exact) mass is 400 g/mol. The van der Waals surface area contributed by atoms with Crippen LogP contribution < -0.4 is 5.32 Å². The van der Waals surface area contributed by atoms with Gasteiger partial charge in [-0.15, -0.1) is 0 Å². The molecule has 3 rings (SSSR count). The van der Waals surface area contributed by atoms with E-state index in [9.17, 15) is 22.0 Å². The molecule has 1 saturated heterocycles. The predicted molar refractivity (Wildman–Crippen MR) is 93.4 cm³/mol. The van der Waals surface area contributed by atoms with E-state index in [4.69, 9.17) is 11.6 Å². The first-order valence-electron chi connectivity index (χ1n) is 7.82. The third-order valence-electron chi connectivity index (χ3n) is 4.11. The fourth-order valence-electron chi connectivity index (χ4n) is 2.83. The highest BCUT2D eigenvalue weighted by Gasteiger charge is 2.39. The lowest BCUT2D eigenvalue weighted by Gasteiger charge is -2.23. The lowest BCUT2D eigenvalue weighted by molar-refractivity contribution is -0.119. The largest absolute Gasteiger partial charge is 0.325 e. The maximum atomic E-state index is 13.2. The summed E-state index contributed by atoms with van der Waals surface area (Å²) in [5.74, 6) is -1.70. The first-order chi connectivity index (χ1) is 12.3. The number of anilines is 1. The van der Waals surface area contributed by atoms with Gasteiger partial charge in [0.15, 0.2) is 0 Å². The number of nitrogens with one attached hydrogen (secondary N) is 1. The van der Waals surface area contributed by atoms with Gasteiger partial charge in [-0.25, -0.2) is 17.2 Å². The number of nitrogens with zero attached hydrogens (tertiary/aromatic N) is 1. The summed E-state index contributed by atoms with van der Waals surface area (Å²) in [7, 11) is -3.94. The summed E-state index contributed by atoms with van der Waals surface area (Å²) in [6.45, 7) is 0.183. The minimum absolute atomic E-state index is 0.0802. The molecular weight excluding hydrogens is 386 g/mol. The van der Waals surface area contributed by atoms with Crippen LogP contribution in [0.2, 0.25) is 5.02 Å². The van der Waals surface area contributed by atoms with Crippen LogP contribution in [0, 0.1) is 11.6 Å². The third-order valence-corrected chi connectivity index (χ3v) is 6.33. The second-order valence-electron chi connectivity index (χ2n) is 5.85. The molecule has 1 N–H and O–H groups in total. The van der Waals surface area contributed by atoms with Crippen molar-refractivity contribution in [2.75, 3.05) is 11.9 Å². The van der Waals surface area contributed by atoms with Crippen molar-refractivity contribution >= 4 is 33.2 Å². The number of amides is 1. The van der Waals surface area contributed by atoms with Crippen LogP contribution in [0.15, 0.2) is 47.4 Å². The number of hydrogen-bond donors (Lipinski definition) is 1. The average Bonchev–Trinajstić information content (AvgIpc) is 3.09. The van der Waals surface area contributed by atoms with Crippen LogP contribution in [0.3, 0.4) is 0 Å². The van der Waals surface area contributed by atoms with Gasteiger partial charge in [-0.2, -0.15) is 4.31 Å². The number of sulfonamides is 1. The molecule has 1 amide bonds. The molecule has 0 spiro atoms. The zero-order valence-electron chi connectivity index (χ0n) is 13.5. The summed E-state index contributed by atoms with van der Waals surface area (Å²) in [6.07, 6.45) is 0.865. The zero-order valence-corrected chi connectivity index (χ0v) is 15.0. The minimum atomic E-state index is -3.94. The van der Waals surface area contributed by atoms with E-state index in [-0.39, 0.29) is 22.2 Å². The van der Waals surface area contributed by atoms with E-state index in [1.54, 1.807) is 0 Å². The van der Waals surface area contributed by atoms with E-state index in [2.05, 4.69) is 5.32 Å². The van der Waals surface area contributed by atoms with Gasteiger partial charge in [-0.05, 0) is 55.3 Å². The molecule has 0 saturated carbocycles. The molecule has 0 unspecified atom stereocenters. The fourth-order valence-corrected chi connectivity index (χ4v) is 4.67. The van der Waals surface area contributed by atoms with Crippen molar-refractivity contribution in [3.8, 4) is 0 Å². The standard InChI is InChI=1S/C17H15ClF2N2O3S/c18-14-10-12(5-8-15(14)20)21-17(23)16-2-1-9-22(16)26(24,25)13-6-3-11(19)4-7-13/h3-8,10,16H,1-2,9H2,(H,21,23)/t16-/m1/s1. The first-order valence-corrected chi connectivity index (χ1v) is 9.64. The van der Waals surface area contributed by atoms with E-state index < -0.39 is 33.6 Å². The Labute approximate surface area is 154 Å². The van der Waals surface area contributed by atoms with Gasteiger partial charge < -0.3 is 5.32 Å². The van der Waals surface area contributed by atoms with Crippen molar-refractivity contribution in [2.45, 2.75) is 23.8 Å². The summed E-state index contributed by atoms with van der Waals surface area (Å²) in [4.78, 5) is 12.5. The second-order valence-corrected chi connectivity index (χ2v) is 8.14. The predicted octanol–water partition coefficient (Wildman–Crippen LogP) is 3.41. The lowest BCUT2D eigenvalue weighted by atomic mass is 10.2. The first kappa shape index (κ1) is 18.8. The normalized spacial score (nSPS) is 18.0. The number of rotatable bonds is 4. The smallest absolute Gasteiger partial charge is 0.243 e. The van der Waals surface area contributed by atoms with Crippen molar-refractivity contribution < 1.29 is 22.0 Å². The van der Waals surface area contributed by atoms with Crippen LogP contribution in [0.25, 0.3) is 0 Å². The van der Waals surface area contributed by atoms with Gasteiger partial charge in [0.1, 0.15) is 17.7 Å². The van der Waals surface area contributed by atoms with Crippen molar-refractivity contribution in [3.05, 3.63) is 59.1 Å². The van der Waals surface area contributed by atoms with Crippen LogP contribution in [0.5, 0.6) is 0 Å². The Bertz CT molecular complexity index is 936. The molecule has 1 heterocycles. The van der Waals surface area contributed by atoms with Gasteiger partial charge >= 0.3 is 0 Å². The summed E-state index contributed by atoms with van der Waals surface area (Å²) < 4.78 is 52.9. The van der Waals surface area contributed by atoms with E-state index >= 15 is 0 Å². The Balaban J connectivity index is 1.81. The highest BCUT2D eigenvalue weighted by molar-refractivity contribution is 7.89. The molecule has 0 radical (unpaired) electrons. The van der Waals surface area contributed by atoms with E-state index in [0.717, 1.165) is 34.6 Å². The Hall–Kier alpha value is -2.03. The van der Waals surface area contributed by atoms with Gasteiger partial charge in [0.05, 0.1) is 9.92 Å². The maximum Gasteiger partial charge on any atom is 0.243 e. The fraction of sp³-hybridized carbons (Fsp3) is 0.235. The Morgan fingerprint density at radius 3 is 2.50 bits per heavy atom. The molecule has 1 aliphatic heterocycles. The highest BCUT2D eigenvalue weighted by Crippen LogP contribution is 2.27. The Morgan fingerprint density at radius 1 is 1.15 bits per heavy atom. The second kappa shape index (κ2) is 7.30. The summed E-state index contributed by atoms with van der Waals surface area (Å²) in [6, 6.07) is 7.23. The van der Waals surface area contributed by atoms with Crippen LogP contribution in [0.1, 0.15) is 12.8 Å². The average molecular weight is 401 g/mol. The molecule has 1 fully saturated rings. The third kappa shape index (κ3) is 3.72. The van der Waals surface area contributed by atoms with Gasteiger partial charge in [-0.1, -0.05) is 11.6 Å². The number of carbonyl (C=O) groups is 1. The molecule has 0 bridgehead atoms. The van der Waals surface area contributed by atoms with Crippen molar-refractivity contribution in [2.24, 2.45) is 0 Å².